The van der Waals surface area contributed by atoms with E-state index in [4.69, 9.17) is 4.99 Å². The largest absolute Gasteiger partial charge is 0.390 e. The molecule has 40 heavy (non-hydrogen) atoms. The van der Waals surface area contributed by atoms with Gasteiger partial charge in [0.2, 0.25) is 0 Å². The molecule has 4 heterocycles. The third-order valence-electron chi connectivity index (χ3n) is 6.78. The molecule has 3 aromatic rings. The number of aliphatic imine (C=N–C) groups is 1. The van der Waals surface area contributed by atoms with Crippen molar-refractivity contribution < 1.29 is 5.11 Å². The molecule has 1 N–H and O–H groups in total. The van der Waals surface area contributed by atoms with Crippen LogP contribution in [-0.4, -0.2) is 61.3 Å². The molecule has 7 heteroatoms. The molecule has 0 aliphatic carbocycles. The van der Waals surface area contributed by atoms with Crippen LogP contribution in [-0.2, 0) is 19.6 Å². The molecule has 210 valence electrons. The highest BCUT2D eigenvalue weighted by molar-refractivity contribution is 5.89. The van der Waals surface area contributed by atoms with Crippen LogP contribution in [0.2, 0.25) is 0 Å². The SMILES string of the molecule is CC(C)CC1=NC(CN(Cc2ccccn2)CC(O)CN(Cc2ccccn2)Cc2ccccn2)=CC=CC1C. The number of pyridine rings is 3. The lowest BCUT2D eigenvalue weighted by Gasteiger charge is -2.29. The summed E-state index contributed by atoms with van der Waals surface area (Å²) < 4.78 is 0. The molecule has 4 rings (SSSR count). The van der Waals surface area contributed by atoms with Gasteiger partial charge < -0.3 is 5.11 Å². The van der Waals surface area contributed by atoms with E-state index in [1.54, 1.807) is 0 Å². The van der Waals surface area contributed by atoms with Gasteiger partial charge in [0, 0.05) is 69.5 Å². The average molecular weight is 539 g/mol. The lowest BCUT2D eigenvalue weighted by molar-refractivity contribution is 0.0674. The Morgan fingerprint density at radius 2 is 1.25 bits per heavy atom. The zero-order valence-electron chi connectivity index (χ0n) is 24.0. The lowest BCUT2D eigenvalue weighted by Crippen LogP contribution is -2.40. The van der Waals surface area contributed by atoms with Crippen molar-refractivity contribution in [3.05, 3.63) is 114 Å². The van der Waals surface area contributed by atoms with E-state index in [1.165, 1.54) is 5.71 Å². The standard InChI is InChI=1S/C33H42N6O/c1-26(2)19-33-27(3)11-10-15-31(37-33)23-39(22-30-14-6-9-18-36-30)25-32(40)24-38(20-28-12-4-7-16-34-28)21-29-13-5-8-17-35-29/h4-18,26-27,32,40H,19-25H2,1-3H3. The Morgan fingerprint density at radius 3 is 1.70 bits per heavy atom. The summed E-state index contributed by atoms with van der Waals surface area (Å²) in [5.41, 5.74) is 5.13. The van der Waals surface area contributed by atoms with Gasteiger partial charge in [0.05, 0.1) is 28.9 Å². The molecule has 0 saturated heterocycles. The molecule has 1 aliphatic heterocycles. The summed E-state index contributed by atoms with van der Waals surface area (Å²) in [4.78, 5) is 23.1. The normalized spacial score (nSPS) is 16.2. The van der Waals surface area contributed by atoms with E-state index in [1.807, 2.05) is 73.2 Å². The van der Waals surface area contributed by atoms with Gasteiger partial charge in [-0.2, -0.15) is 0 Å². The number of nitrogens with zero attached hydrogens (tertiary/aromatic N) is 6. The zero-order valence-corrected chi connectivity index (χ0v) is 24.0. The average Bonchev–Trinajstić information content (AvgIpc) is 3.10. The van der Waals surface area contributed by atoms with Crippen molar-refractivity contribution >= 4 is 5.71 Å². The maximum Gasteiger partial charge on any atom is 0.0794 e. The first-order valence-electron chi connectivity index (χ1n) is 14.2. The summed E-state index contributed by atoms with van der Waals surface area (Å²) in [5, 5.41) is 11.4. The molecule has 3 aromatic heterocycles. The second kappa shape index (κ2) is 15.3. The Kier molecular flexibility index (Phi) is 11.3. The Morgan fingerprint density at radius 1 is 0.750 bits per heavy atom. The van der Waals surface area contributed by atoms with Gasteiger partial charge in [0.15, 0.2) is 0 Å². The number of hydrogen-bond acceptors (Lipinski definition) is 7. The van der Waals surface area contributed by atoms with Gasteiger partial charge in [-0.3, -0.25) is 29.7 Å². The molecule has 2 unspecified atom stereocenters. The maximum atomic E-state index is 11.4. The van der Waals surface area contributed by atoms with Crippen LogP contribution < -0.4 is 0 Å². The van der Waals surface area contributed by atoms with Crippen LogP contribution in [0.3, 0.4) is 0 Å². The van der Waals surface area contributed by atoms with E-state index >= 15 is 0 Å². The number of aliphatic hydroxyl groups excluding tert-OH is 1. The van der Waals surface area contributed by atoms with Crippen molar-refractivity contribution in [3.8, 4) is 0 Å². The monoisotopic (exact) mass is 538 g/mol. The van der Waals surface area contributed by atoms with Crippen molar-refractivity contribution in [1.29, 1.82) is 0 Å². The third kappa shape index (κ3) is 9.90. The number of hydrogen-bond donors (Lipinski definition) is 1. The summed E-state index contributed by atoms with van der Waals surface area (Å²) in [5.74, 6) is 0.863. The molecule has 1 aliphatic rings. The summed E-state index contributed by atoms with van der Waals surface area (Å²) in [6, 6.07) is 17.8. The van der Waals surface area contributed by atoms with Crippen molar-refractivity contribution in [1.82, 2.24) is 24.8 Å². The fraction of sp³-hybridized carbons (Fsp3) is 0.394. The van der Waals surface area contributed by atoms with Crippen LogP contribution in [0.5, 0.6) is 0 Å². The van der Waals surface area contributed by atoms with Crippen LogP contribution in [0.4, 0.5) is 0 Å². The van der Waals surface area contributed by atoms with E-state index in [0.717, 1.165) is 29.2 Å². The fourth-order valence-electron chi connectivity index (χ4n) is 4.92. The minimum Gasteiger partial charge on any atom is -0.390 e. The molecule has 0 saturated carbocycles. The van der Waals surface area contributed by atoms with E-state index < -0.39 is 6.10 Å². The van der Waals surface area contributed by atoms with Crippen molar-refractivity contribution in [2.75, 3.05) is 19.6 Å². The summed E-state index contributed by atoms with van der Waals surface area (Å²) in [7, 11) is 0. The number of aromatic nitrogens is 3. The van der Waals surface area contributed by atoms with Gasteiger partial charge in [-0.15, -0.1) is 0 Å². The Bertz CT molecular complexity index is 1200. The highest BCUT2D eigenvalue weighted by Crippen LogP contribution is 2.19. The van der Waals surface area contributed by atoms with Gasteiger partial charge in [-0.1, -0.05) is 51.1 Å². The third-order valence-corrected chi connectivity index (χ3v) is 6.78. The van der Waals surface area contributed by atoms with E-state index in [0.29, 0.717) is 51.1 Å². The smallest absolute Gasteiger partial charge is 0.0794 e. The Labute approximate surface area is 239 Å². The molecule has 0 radical (unpaired) electrons. The van der Waals surface area contributed by atoms with Crippen LogP contribution >= 0.6 is 0 Å². The first kappa shape index (κ1) is 29.5. The molecular weight excluding hydrogens is 496 g/mol. The fourth-order valence-corrected chi connectivity index (χ4v) is 4.92. The molecule has 7 nitrogen and oxygen atoms in total. The second-order valence-corrected chi connectivity index (χ2v) is 11.0. The predicted octanol–water partition coefficient (Wildman–Crippen LogP) is 5.31. The number of allylic oxidation sites excluding steroid dienone is 3. The molecule has 0 aromatic carbocycles. The first-order chi connectivity index (χ1) is 19.4. The number of rotatable bonds is 14. The predicted molar refractivity (Wildman–Crippen MR) is 161 cm³/mol. The minimum absolute atomic E-state index is 0.317. The van der Waals surface area contributed by atoms with Crippen LogP contribution in [0.1, 0.15) is 44.3 Å². The lowest BCUT2D eigenvalue weighted by atomic mass is 9.96. The molecule has 0 fully saturated rings. The topological polar surface area (TPSA) is 77.7 Å². The van der Waals surface area contributed by atoms with Gasteiger partial charge in [0.25, 0.3) is 0 Å². The minimum atomic E-state index is -0.587. The summed E-state index contributed by atoms with van der Waals surface area (Å²) in [6.45, 7) is 10.2. The Balaban J connectivity index is 1.50. The molecule has 0 amide bonds. The first-order valence-corrected chi connectivity index (χ1v) is 14.2. The highest BCUT2D eigenvalue weighted by atomic mass is 16.3. The van der Waals surface area contributed by atoms with Crippen molar-refractivity contribution in [2.24, 2.45) is 16.8 Å². The van der Waals surface area contributed by atoms with E-state index in [2.05, 4.69) is 63.8 Å². The molecule has 2 atom stereocenters. The maximum absolute atomic E-state index is 11.4. The zero-order chi connectivity index (χ0) is 28.2. The van der Waals surface area contributed by atoms with E-state index in [-0.39, 0.29) is 0 Å². The van der Waals surface area contributed by atoms with Crippen molar-refractivity contribution in [3.63, 3.8) is 0 Å². The summed E-state index contributed by atoms with van der Waals surface area (Å²) >= 11 is 0. The quantitative estimate of drug-likeness (QED) is 0.300. The van der Waals surface area contributed by atoms with Crippen molar-refractivity contribution in [2.45, 2.75) is 52.9 Å². The highest BCUT2D eigenvalue weighted by Gasteiger charge is 2.20. The van der Waals surface area contributed by atoms with E-state index in [9.17, 15) is 5.11 Å². The van der Waals surface area contributed by atoms with Crippen LogP contribution in [0.25, 0.3) is 0 Å². The molecule has 0 bridgehead atoms. The van der Waals surface area contributed by atoms with Gasteiger partial charge >= 0.3 is 0 Å². The van der Waals surface area contributed by atoms with Crippen LogP contribution in [0, 0.1) is 11.8 Å². The molecular formula is C33H42N6O. The molecule has 0 spiro atoms. The Hall–Kier alpha value is -3.52. The second-order valence-electron chi connectivity index (χ2n) is 11.0. The van der Waals surface area contributed by atoms with Gasteiger partial charge in [-0.25, -0.2) is 0 Å². The number of aliphatic hydroxyl groups is 1. The van der Waals surface area contributed by atoms with Gasteiger partial charge in [0.1, 0.15) is 0 Å². The van der Waals surface area contributed by atoms with Crippen LogP contribution in [0.15, 0.2) is 102 Å². The summed E-state index contributed by atoms with van der Waals surface area (Å²) in [6.07, 6.45) is 12.3. The van der Waals surface area contributed by atoms with Gasteiger partial charge in [-0.05, 0) is 54.8 Å².